The molecule has 40 heavy (non-hydrogen) atoms. The largest absolute Gasteiger partial charge is 0.416 e. The second-order valence-electron chi connectivity index (χ2n) is 8.46. The first kappa shape index (κ1) is 27.9. The summed E-state index contributed by atoms with van der Waals surface area (Å²) in [6.45, 7) is 0. The molecule has 0 amide bonds. The van der Waals surface area contributed by atoms with Gasteiger partial charge in [-0.15, -0.1) is 0 Å². The summed E-state index contributed by atoms with van der Waals surface area (Å²) in [5.74, 6) is 9.59. The molecule has 0 fully saturated rings. The molecule has 0 saturated carbocycles. The van der Waals surface area contributed by atoms with E-state index in [2.05, 4.69) is 23.7 Å². The zero-order valence-electron chi connectivity index (χ0n) is 20.3. The highest BCUT2D eigenvalue weighted by Crippen LogP contribution is 2.29. The van der Waals surface area contributed by atoms with Crippen LogP contribution in [0.3, 0.4) is 0 Å². The molecule has 0 atom stereocenters. The highest BCUT2D eigenvalue weighted by molar-refractivity contribution is 6.49. The Bertz CT molecular complexity index is 1530. The number of halogens is 6. The van der Waals surface area contributed by atoms with Gasteiger partial charge in [0.1, 0.15) is 0 Å². The van der Waals surface area contributed by atoms with E-state index in [1.165, 1.54) is 72.8 Å². The minimum atomic E-state index is -4.43. The average Bonchev–Trinajstić information content (AvgIpc) is 2.94. The van der Waals surface area contributed by atoms with E-state index in [4.69, 9.17) is 0 Å². The molecule has 0 aliphatic heterocycles. The number of carbonyl (C=O) groups is 2. The fourth-order valence-corrected chi connectivity index (χ4v) is 3.45. The van der Waals surface area contributed by atoms with Gasteiger partial charge in [-0.3, -0.25) is 9.59 Å². The fourth-order valence-electron chi connectivity index (χ4n) is 3.45. The van der Waals surface area contributed by atoms with Crippen LogP contribution in [0.15, 0.2) is 97.1 Å². The summed E-state index contributed by atoms with van der Waals surface area (Å²) in [4.78, 5) is 25.3. The molecule has 0 aromatic heterocycles. The van der Waals surface area contributed by atoms with Crippen molar-refractivity contribution < 1.29 is 35.9 Å². The first-order valence-corrected chi connectivity index (χ1v) is 11.6. The number of rotatable bonds is 3. The van der Waals surface area contributed by atoms with Crippen molar-refractivity contribution in [3.63, 3.8) is 0 Å². The maximum Gasteiger partial charge on any atom is 0.416 e. The van der Waals surface area contributed by atoms with Crippen LogP contribution in [0.1, 0.15) is 54.1 Å². The summed E-state index contributed by atoms with van der Waals surface area (Å²) in [7, 11) is 0. The SMILES string of the molecule is O=C(C(=O)c1ccc(C#Cc2ccc(C(F)(F)F)cc2)cc1)c1ccc(C#Cc2ccc(C(F)(F)F)cc2)cc1. The van der Waals surface area contributed by atoms with Crippen molar-refractivity contribution in [2.24, 2.45) is 0 Å². The lowest BCUT2D eigenvalue weighted by Gasteiger charge is -2.05. The first-order valence-electron chi connectivity index (χ1n) is 11.6. The van der Waals surface area contributed by atoms with Crippen molar-refractivity contribution >= 4 is 11.6 Å². The Hall–Kier alpha value is -5.08. The summed E-state index contributed by atoms with van der Waals surface area (Å²) in [5, 5.41) is 0. The van der Waals surface area contributed by atoms with E-state index in [0.717, 1.165) is 24.3 Å². The zero-order valence-corrected chi connectivity index (χ0v) is 20.3. The van der Waals surface area contributed by atoms with E-state index < -0.39 is 35.0 Å². The van der Waals surface area contributed by atoms with Crippen LogP contribution in [0.25, 0.3) is 0 Å². The first-order chi connectivity index (χ1) is 18.9. The van der Waals surface area contributed by atoms with Crippen LogP contribution in [-0.2, 0) is 12.4 Å². The summed E-state index contributed by atoms with van der Waals surface area (Å²) in [6.07, 6.45) is -8.86. The van der Waals surface area contributed by atoms with E-state index in [-0.39, 0.29) is 11.1 Å². The van der Waals surface area contributed by atoms with E-state index in [0.29, 0.717) is 22.3 Å². The quantitative estimate of drug-likeness (QED) is 0.115. The van der Waals surface area contributed by atoms with Gasteiger partial charge in [0.2, 0.25) is 11.6 Å². The van der Waals surface area contributed by atoms with Gasteiger partial charge in [-0.1, -0.05) is 23.7 Å². The lowest BCUT2D eigenvalue weighted by molar-refractivity contribution is -0.138. The molecule has 198 valence electrons. The van der Waals surface area contributed by atoms with E-state index in [1.54, 1.807) is 0 Å². The highest BCUT2D eigenvalue weighted by atomic mass is 19.4. The van der Waals surface area contributed by atoms with Gasteiger partial charge in [-0.05, 0) is 97.1 Å². The van der Waals surface area contributed by atoms with E-state index in [9.17, 15) is 35.9 Å². The van der Waals surface area contributed by atoms with Crippen molar-refractivity contribution in [3.05, 3.63) is 142 Å². The molecule has 0 radical (unpaired) electrons. The van der Waals surface area contributed by atoms with Gasteiger partial charge in [0, 0.05) is 33.4 Å². The molecule has 0 aliphatic carbocycles. The smallest absolute Gasteiger partial charge is 0.285 e. The topological polar surface area (TPSA) is 34.1 Å². The molecule has 0 unspecified atom stereocenters. The van der Waals surface area contributed by atoms with Crippen LogP contribution in [-0.4, -0.2) is 11.6 Å². The van der Waals surface area contributed by atoms with Crippen molar-refractivity contribution in [1.29, 1.82) is 0 Å². The van der Waals surface area contributed by atoms with Crippen molar-refractivity contribution in [1.82, 2.24) is 0 Å². The summed E-state index contributed by atoms with van der Waals surface area (Å²) < 4.78 is 76.0. The zero-order chi connectivity index (χ0) is 28.9. The number of benzene rings is 4. The molecule has 0 spiro atoms. The predicted molar refractivity (Wildman–Crippen MR) is 136 cm³/mol. The lowest BCUT2D eigenvalue weighted by atomic mass is 9.99. The highest BCUT2D eigenvalue weighted by Gasteiger charge is 2.30. The van der Waals surface area contributed by atoms with Crippen LogP contribution < -0.4 is 0 Å². The second-order valence-corrected chi connectivity index (χ2v) is 8.46. The third kappa shape index (κ3) is 7.06. The van der Waals surface area contributed by atoms with Crippen LogP contribution in [0.5, 0.6) is 0 Å². The molecule has 4 rings (SSSR count). The molecular formula is C32H16F6O2. The Balaban J connectivity index is 1.39. The molecule has 2 nitrogen and oxygen atoms in total. The van der Waals surface area contributed by atoms with Crippen LogP contribution in [0.2, 0.25) is 0 Å². The molecule has 0 bridgehead atoms. The van der Waals surface area contributed by atoms with Crippen molar-refractivity contribution in [2.75, 3.05) is 0 Å². The molecule has 0 N–H and O–H groups in total. The molecule has 0 saturated heterocycles. The van der Waals surface area contributed by atoms with E-state index in [1.807, 2.05) is 0 Å². The molecule has 4 aromatic rings. The maximum atomic E-state index is 12.7. The minimum absolute atomic E-state index is 0.135. The normalized spacial score (nSPS) is 11.1. The Morgan fingerprint density at radius 3 is 0.850 bits per heavy atom. The van der Waals surface area contributed by atoms with Gasteiger partial charge in [0.05, 0.1) is 11.1 Å². The number of hydrogen-bond acceptors (Lipinski definition) is 2. The number of ketones is 2. The Labute approximate surface area is 225 Å². The van der Waals surface area contributed by atoms with Crippen LogP contribution in [0, 0.1) is 23.7 Å². The maximum absolute atomic E-state index is 12.7. The second kappa shape index (κ2) is 11.3. The molecule has 4 aromatic carbocycles. The average molecular weight is 546 g/mol. The number of alkyl halides is 6. The summed E-state index contributed by atoms with van der Waals surface area (Å²) in [6, 6.07) is 20.6. The van der Waals surface area contributed by atoms with Crippen LogP contribution in [0.4, 0.5) is 26.3 Å². The van der Waals surface area contributed by atoms with Crippen molar-refractivity contribution in [2.45, 2.75) is 12.4 Å². The van der Waals surface area contributed by atoms with Crippen LogP contribution >= 0.6 is 0 Å². The van der Waals surface area contributed by atoms with Gasteiger partial charge < -0.3 is 0 Å². The van der Waals surface area contributed by atoms with Crippen molar-refractivity contribution in [3.8, 4) is 23.7 Å². The van der Waals surface area contributed by atoms with Gasteiger partial charge in [-0.25, -0.2) is 0 Å². The Morgan fingerprint density at radius 1 is 0.400 bits per heavy atom. The summed E-state index contributed by atoms with van der Waals surface area (Å²) >= 11 is 0. The van der Waals surface area contributed by atoms with Gasteiger partial charge in [0.15, 0.2) is 0 Å². The standard InChI is InChI=1S/C32H16F6O2/c33-31(34,35)27-17-9-23(10-18-27)3-1-21-5-13-25(14-6-21)29(39)30(40)26-15-7-22(8-16-26)2-4-24-11-19-28(20-12-24)32(36,37)38/h5-20H. The number of hydrogen-bond donors (Lipinski definition) is 0. The lowest BCUT2D eigenvalue weighted by Crippen LogP contribution is -2.14. The molecular weight excluding hydrogens is 530 g/mol. The summed E-state index contributed by atoms with van der Waals surface area (Å²) in [5.41, 5.74) is 0.497. The Kier molecular flexibility index (Phi) is 7.93. The molecule has 8 heteroatoms. The third-order valence-electron chi connectivity index (χ3n) is 5.63. The minimum Gasteiger partial charge on any atom is -0.285 e. The number of carbonyl (C=O) groups excluding carboxylic acids is 2. The molecule has 0 aliphatic rings. The van der Waals surface area contributed by atoms with Gasteiger partial charge in [-0.2, -0.15) is 26.3 Å². The predicted octanol–water partition coefficient (Wildman–Crippen LogP) is 7.59. The molecule has 0 heterocycles. The third-order valence-corrected chi connectivity index (χ3v) is 5.63. The number of Topliss-reactive ketones (excluding diaryl/α,β-unsaturated/α-hetero) is 2. The van der Waals surface area contributed by atoms with Gasteiger partial charge in [0.25, 0.3) is 0 Å². The fraction of sp³-hybridized carbons (Fsp3) is 0.0625. The monoisotopic (exact) mass is 546 g/mol. The van der Waals surface area contributed by atoms with E-state index >= 15 is 0 Å². The Morgan fingerprint density at radius 2 is 0.625 bits per heavy atom. The van der Waals surface area contributed by atoms with Gasteiger partial charge >= 0.3 is 12.4 Å².